The predicted octanol–water partition coefficient (Wildman–Crippen LogP) is 2.10. The number of hydrogen-bond donors (Lipinski definition) is 1. The largest absolute Gasteiger partial charge is 0.314 e. The van der Waals surface area contributed by atoms with Crippen molar-refractivity contribution in [1.29, 1.82) is 0 Å². The lowest BCUT2D eigenvalue weighted by molar-refractivity contribution is 0.203. The smallest absolute Gasteiger partial charge is 0.00903 e. The standard InChI is InChI=1S/C12H26N2/c1-10(2)9-13-11-5-7-12(8-6-11)14(3)4/h10-13H,5-9H2,1-4H3. The van der Waals surface area contributed by atoms with Crippen molar-refractivity contribution in [3.05, 3.63) is 0 Å². The van der Waals surface area contributed by atoms with Crippen LogP contribution in [0.5, 0.6) is 0 Å². The van der Waals surface area contributed by atoms with E-state index in [9.17, 15) is 0 Å². The van der Waals surface area contributed by atoms with Gasteiger partial charge in [0.25, 0.3) is 0 Å². The van der Waals surface area contributed by atoms with Gasteiger partial charge >= 0.3 is 0 Å². The fourth-order valence-electron chi connectivity index (χ4n) is 2.20. The van der Waals surface area contributed by atoms with Gasteiger partial charge in [0.1, 0.15) is 0 Å². The minimum Gasteiger partial charge on any atom is -0.314 e. The Labute approximate surface area is 89.1 Å². The van der Waals surface area contributed by atoms with Crippen LogP contribution in [0, 0.1) is 5.92 Å². The van der Waals surface area contributed by atoms with Gasteiger partial charge in [-0.3, -0.25) is 0 Å². The Morgan fingerprint density at radius 2 is 1.71 bits per heavy atom. The molecule has 0 spiro atoms. The fourth-order valence-corrected chi connectivity index (χ4v) is 2.20. The molecule has 0 unspecified atom stereocenters. The quantitative estimate of drug-likeness (QED) is 0.744. The zero-order valence-electron chi connectivity index (χ0n) is 10.2. The van der Waals surface area contributed by atoms with Crippen LogP contribution in [0.2, 0.25) is 0 Å². The number of nitrogens with zero attached hydrogens (tertiary/aromatic N) is 1. The van der Waals surface area contributed by atoms with Crippen molar-refractivity contribution in [3.63, 3.8) is 0 Å². The second-order valence-electron chi connectivity index (χ2n) is 5.27. The maximum Gasteiger partial charge on any atom is 0.00903 e. The Hall–Kier alpha value is -0.0800. The van der Waals surface area contributed by atoms with Crippen LogP contribution in [0.15, 0.2) is 0 Å². The molecule has 1 rings (SSSR count). The van der Waals surface area contributed by atoms with Gasteiger partial charge in [-0.05, 0) is 52.2 Å². The van der Waals surface area contributed by atoms with Crippen LogP contribution in [0.1, 0.15) is 39.5 Å². The van der Waals surface area contributed by atoms with Crippen molar-refractivity contribution < 1.29 is 0 Å². The van der Waals surface area contributed by atoms with Crippen LogP contribution >= 0.6 is 0 Å². The summed E-state index contributed by atoms with van der Waals surface area (Å²) in [6.45, 7) is 5.73. The molecule has 2 heteroatoms. The van der Waals surface area contributed by atoms with Gasteiger partial charge in [0.05, 0.1) is 0 Å². The molecule has 0 aromatic heterocycles. The Bertz CT molecular complexity index is 146. The third kappa shape index (κ3) is 3.97. The van der Waals surface area contributed by atoms with Crippen molar-refractivity contribution in [2.24, 2.45) is 5.92 Å². The molecule has 0 aromatic carbocycles. The zero-order chi connectivity index (χ0) is 10.6. The average molecular weight is 198 g/mol. The monoisotopic (exact) mass is 198 g/mol. The number of nitrogens with one attached hydrogen (secondary N) is 1. The molecular formula is C12H26N2. The Kier molecular flexibility index (Phi) is 4.90. The van der Waals surface area contributed by atoms with E-state index < -0.39 is 0 Å². The van der Waals surface area contributed by atoms with E-state index in [1.807, 2.05) is 0 Å². The molecule has 2 nitrogen and oxygen atoms in total. The first-order chi connectivity index (χ1) is 6.59. The van der Waals surface area contributed by atoms with Crippen LogP contribution in [-0.4, -0.2) is 37.6 Å². The van der Waals surface area contributed by atoms with Crippen molar-refractivity contribution in [2.75, 3.05) is 20.6 Å². The molecular weight excluding hydrogens is 172 g/mol. The Morgan fingerprint density at radius 1 is 1.14 bits per heavy atom. The molecule has 1 fully saturated rings. The Balaban J connectivity index is 2.16. The molecule has 1 aliphatic rings. The van der Waals surface area contributed by atoms with E-state index in [-0.39, 0.29) is 0 Å². The van der Waals surface area contributed by atoms with Crippen molar-refractivity contribution in [2.45, 2.75) is 51.6 Å². The molecule has 0 saturated heterocycles. The first-order valence-corrected chi connectivity index (χ1v) is 5.99. The summed E-state index contributed by atoms with van der Waals surface area (Å²) < 4.78 is 0. The molecule has 0 aliphatic heterocycles. The first kappa shape index (κ1) is 12.0. The van der Waals surface area contributed by atoms with Crippen molar-refractivity contribution >= 4 is 0 Å². The van der Waals surface area contributed by atoms with Gasteiger partial charge < -0.3 is 10.2 Å². The van der Waals surface area contributed by atoms with Gasteiger partial charge in [0.15, 0.2) is 0 Å². The second kappa shape index (κ2) is 5.72. The highest BCUT2D eigenvalue weighted by molar-refractivity contribution is 4.80. The average Bonchev–Trinajstić information content (AvgIpc) is 2.15. The van der Waals surface area contributed by atoms with Crippen molar-refractivity contribution in [1.82, 2.24) is 10.2 Å². The van der Waals surface area contributed by atoms with Crippen LogP contribution < -0.4 is 5.32 Å². The SMILES string of the molecule is CC(C)CNC1CCC(N(C)C)CC1. The molecule has 0 bridgehead atoms. The van der Waals surface area contributed by atoms with Gasteiger partial charge in [0, 0.05) is 12.1 Å². The first-order valence-electron chi connectivity index (χ1n) is 5.99. The summed E-state index contributed by atoms with van der Waals surface area (Å²) in [7, 11) is 4.40. The molecule has 1 saturated carbocycles. The van der Waals surface area contributed by atoms with E-state index in [0.717, 1.165) is 18.0 Å². The third-order valence-corrected chi connectivity index (χ3v) is 3.24. The Morgan fingerprint density at radius 3 is 2.14 bits per heavy atom. The van der Waals surface area contributed by atoms with Gasteiger partial charge in [-0.25, -0.2) is 0 Å². The van der Waals surface area contributed by atoms with Crippen molar-refractivity contribution in [3.8, 4) is 0 Å². The maximum absolute atomic E-state index is 3.66. The molecule has 0 heterocycles. The van der Waals surface area contributed by atoms with Crippen LogP contribution in [0.4, 0.5) is 0 Å². The lowest BCUT2D eigenvalue weighted by Crippen LogP contribution is -2.40. The summed E-state index contributed by atoms with van der Waals surface area (Å²) in [5, 5.41) is 3.66. The number of hydrogen-bond acceptors (Lipinski definition) is 2. The minimum atomic E-state index is 0.779. The van der Waals surface area contributed by atoms with Crippen LogP contribution in [0.25, 0.3) is 0 Å². The summed E-state index contributed by atoms with van der Waals surface area (Å²) in [6.07, 6.45) is 5.44. The van der Waals surface area contributed by atoms with Gasteiger partial charge in [-0.2, -0.15) is 0 Å². The highest BCUT2D eigenvalue weighted by Gasteiger charge is 2.21. The molecule has 0 radical (unpaired) electrons. The van der Waals surface area contributed by atoms with E-state index in [1.54, 1.807) is 0 Å². The number of rotatable bonds is 4. The topological polar surface area (TPSA) is 15.3 Å². The molecule has 84 valence electrons. The molecule has 1 aliphatic carbocycles. The van der Waals surface area contributed by atoms with Crippen LogP contribution in [-0.2, 0) is 0 Å². The summed E-state index contributed by atoms with van der Waals surface area (Å²) in [4.78, 5) is 2.37. The minimum absolute atomic E-state index is 0.779. The molecule has 0 atom stereocenters. The lowest BCUT2D eigenvalue weighted by atomic mass is 9.90. The summed E-state index contributed by atoms with van der Waals surface area (Å²) in [5.41, 5.74) is 0. The second-order valence-corrected chi connectivity index (χ2v) is 5.27. The molecule has 0 amide bonds. The zero-order valence-corrected chi connectivity index (χ0v) is 10.2. The maximum atomic E-state index is 3.66. The van der Waals surface area contributed by atoms with E-state index in [4.69, 9.17) is 0 Å². The van der Waals surface area contributed by atoms with E-state index in [0.29, 0.717) is 0 Å². The summed E-state index contributed by atoms with van der Waals surface area (Å²) in [6, 6.07) is 1.61. The van der Waals surface area contributed by atoms with Gasteiger partial charge in [-0.1, -0.05) is 13.8 Å². The highest BCUT2D eigenvalue weighted by Crippen LogP contribution is 2.21. The third-order valence-electron chi connectivity index (χ3n) is 3.24. The molecule has 14 heavy (non-hydrogen) atoms. The van der Waals surface area contributed by atoms with E-state index in [1.165, 1.54) is 32.2 Å². The fraction of sp³-hybridized carbons (Fsp3) is 1.00. The van der Waals surface area contributed by atoms with Gasteiger partial charge in [-0.15, -0.1) is 0 Å². The van der Waals surface area contributed by atoms with E-state index >= 15 is 0 Å². The van der Waals surface area contributed by atoms with Crippen LogP contribution in [0.3, 0.4) is 0 Å². The normalized spacial score (nSPS) is 28.7. The summed E-state index contributed by atoms with van der Waals surface area (Å²) >= 11 is 0. The highest BCUT2D eigenvalue weighted by atomic mass is 15.1. The molecule has 1 N–H and O–H groups in total. The van der Waals surface area contributed by atoms with Gasteiger partial charge in [0.2, 0.25) is 0 Å². The molecule has 0 aromatic rings. The van der Waals surface area contributed by atoms with E-state index in [2.05, 4.69) is 38.2 Å². The summed E-state index contributed by atoms with van der Waals surface area (Å²) in [5.74, 6) is 0.779. The predicted molar refractivity (Wildman–Crippen MR) is 62.6 cm³/mol. The lowest BCUT2D eigenvalue weighted by Gasteiger charge is -2.33.